The van der Waals surface area contributed by atoms with Crippen molar-refractivity contribution in [2.75, 3.05) is 26.5 Å². The van der Waals surface area contributed by atoms with Gasteiger partial charge >= 0.3 is 0 Å². The van der Waals surface area contributed by atoms with Crippen LogP contribution in [0.3, 0.4) is 0 Å². The molecule has 1 heterocycles. The van der Waals surface area contributed by atoms with Gasteiger partial charge in [0.2, 0.25) is 10.0 Å². The first kappa shape index (κ1) is 26.8. The van der Waals surface area contributed by atoms with Crippen molar-refractivity contribution in [2.45, 2.75) is 36.4 Å². The molecule has 0 spiro atoms. The number of nitrogens with zero attached hydrogens (tertiary/aromatic N) is 1. The lowest BCUT2D eigenvalue weighted by atomic mass is 9.93. The highest BCUT2D eigenvalue weighted by molar-refractivity contribution is 7.93. The Morgan fingerprint density at radius 3 is 2.40 bits per heavy atom. The van der Waals surface area contributed by atoms with Crippen molar-refractivity contribution in [3.8, 4) is 16.9 Å². The first-order valence-electron chi connectivity index (χ1n) is 11.0. The van der Waals surface area contributed by atoms with E-state index in [1.54, 1.807) is 42.5 Å². The average Bonchev–Trinajstić information content (AvgIpc) is 2.82. The molecular weight excluding hydrogens is 495 g/mol. The van der Waals surface area contributed by atoms with Gasteiger partial charge in [-0.25, -0.2) is 21.2 Å². The Morgan fingerprint density at radius 2 is 1.77 bits per heavy atom. The first-order chi connectivity index (χ1) is 16.4. The van der Waals surface area contributed by atoms with E-state index in [1.165, 1.54) is 30.5 Å². The number of carbonyl (C=O) groups is 1. The monoisotopic (exact) mass is 524 g/mol. The van der Waals surface area contributed by atoms with E-state index in [0.717, 1.165) is 11.7 Å². The molecule has 190 valence electrons. The predicted molar refractivity (Wildman–Crippen MR) is 132 cm³/mol. The average molecular weight is 525 g/mol. The van der Waals surface area contributed by atoms with Crippen LogP contribution in [-0.4, -0.2) is 65.2 Å². The Kier molecular flexibility index (Phi) is 8.03. The van der Waals surface area contributed by atoms with E-state index in [2.05, 4.69) is 5.32 Å². The highest BCUT2D eigenvalue weighted by Crippen LogP contribution is 2.34. The van der Waals surface area contributed by atoms with Crippen LogP contribution >= 0.6 is 0 Å². The molecule has 8 nitrogen and oxygen atoms in total. The molecule has 0 radical (unpaired) electrons. The molecule has 11 heteroatoms. The number of ether oxygens (including phenoxy) is 1. The van der Waals surface area contributed by atoms with Crippen LogP contribution in [0.5, 0.6) is 5.75 Å². The highest BCUT2D eigenvalue weighted by atomic mass is 32.2. The van der Waals surface area contributed by atoms with Gasteiger partial charge in [0.25, 0.3) is 5.91 Å². The molecule has 0 aliphatic carbocycles. The van der Waals surface area contributed by atoms with Crippen LogP contribution in [0.2, 0.25) is 0 Å². The molecule has 0 unspecified atom stereocenters. The number of halogens is 1. The summed E-state index contributed by atoms with van der Waals surface area (Å²) in [5.41, 5.74) is -1.10. The SMILES string of the molecule is COc1cccc(-c2ccccc2S(=O)(=O)N2CCC(F)(C(=O)N[C@@H](C)/C=C\S(C)(=O)=O)CC2)c1. The van der Waals surface area contributed by atoms with E-state index in [1.807, 2.05) is 0 Å². The molecule has 0 aromatic heterocycles. The summed E-state index contributed by atoms with van der Waals surface area (Å²) in [5, 5.41) is 3.39. The van der Waals surface area contributed by atoms with Gasteiger partial charge in [-0.15, -0.1) is 0 Å². The van der Waals surface area contributed by atoms with Crippen molar-refractivity contribution in [3.05, 3.63) is 60.0 Å². The number of alkyl halides is 1. The molecule has 0 bridgehead atoms. The second kappa shape index (κ2) is 10.5. The first-order valence-corrected chi connectivity index (χ1v) is 14.4. The lowest BCUT2D eigenvalue weighted by Crippen LogP contribution is -2.53. The summed E-state index contributed by atoms with van der Waals surface area (Å²) >= 11 is 0. The van der Waals surface area contributed by atoms with Gasteiger partial charge < -0.3 is 10.1 Å². The minimum absolute atomic E-state index is 0.0867. The fourth-order valence-electron chi connectivity index (χ4n) is 3.81. The van der Waals surface area contributed by atoms with Gasteiger partial charge in [-0.3, -0.25) is 4.79 Å². The molecule has 1 saturated heterocycles. The topological polar surface area (TPSA) is 110 Å². The molecule has 1 atom stereocenters. The molecule has 1 amide bonds. The number of sulfonamides is 1. The summed E-state index contributed by atoms with van der Waals surface area (Å²) in [6.45, 7) is 1.18. The van der Waals surface area contributed by atoms with Crippen molar-refractivity contribution in [3.63, 3.8) is 0 Å². The van der Waals surface area contributed by atoms with Gasteiger partial charge in [-0.05, 0) is 30.7 Å². The minimum Gasteiger partial charge on any atom is -0.497 e. The van der Waals surface area contributed by atoms with E-state index in [0.29, 0.717) is 16.9 Å². The number of carbonyl (C=O) groups excluding carboxylic acids is 1. The van der Waals surface area contributed by atoms with Crippen LogP contribution < -0.4 is 10.1 Å². The third-order valence-electron chi connectivity index (χ3n) is 5.78. The van der Waals surface area contributed by atoms with Crippen LogP contribution in [0, 0.1) is 0 Å². The standard InChI is InChI=1S/C24H29FN2O6S2/c1-18(11-16-34(3,29)30)26-23(28)24(25)12-14-27(15-13-24)35(31,32)22-10-5-4-9-21(22)19-7-6-8-20(17-19)33-2/h4-11,16-18H,12-15H2,1-3H3,(H,26,28)/b16-11-/t18-/m0/s1. The summed E-state index contributed by atoms with van der Waals surface area (Å²) in [7, 11) is -5.82. The smallest absolute Gasteiger partial charge is 0.258 e. The van der Waals surface area contributed by atoms with Gasteiger partial charge in [0, 0.05) is 49.2 Å². The number of nitrogens with one attached hydrogen (secondary N) is 1. The number of piperidine rings is 1. The molecule has 1 fully saturated rings. The van der Waals surface area contributed by atoms with Crippen LogP contribution in [-0.2, 0) is 24.7 Å². The summed E-state index contributed by atoms with van der Waals surface area (Å²) in [6, 6.07) is 12.9. The fourth-order valence-corrected chi connectivity index (χ4v) is 5.99. The van der Waals surface area contributed by atoms with Gasteiger partial charge in [0.15, 0.2) is 15.5 Å². The predicted octanol–water partition coefficient (Wildman–Crippen LogP) is 2.92. The lowest BCUT2D eigenvalue weighted by molar-refractivity contribution is -0.135. The summed E-state index contributed by atoms with van der Waals surface area (Å²) in [5.74, 6) is -0.307. The van der Waals surface area contributed by atoms with Gasteiger partial charge in [-0.1, -0.05) is 36.4 Å². The van der Waals surface area contributed by atoms with Crippen molar-refractivity contribution in [1.82, 2.24) is 9.62 Å². The summed E-state index contributed by atoms with van der Waals surface area (Å²) in [6.07, 6.45) is 1.63. The fraction of sp³-hybridized carbons (Fsp3) is 0.375. The Labute approximate surface area is 205 Å². The van der Waals surface area contributed by atoms with Gasteiger partial charge in [0.05, 0.1) is 12.0 Å². The number of methoxy groups -OCH3 is 1. The molecule has 1 N–H and O–H groups in total. The van der Waals surface area contributed by atoms with Gasteiger partial charge in [0.1, 0.15) is 5.75 Å². The molecule has 3 rings (SSSR count). The Balaban J connectivity index is 1.76. The van der Waals surface area contributed by atoms with Crippen molar-refractivity contribution in [2.24, 2.45) is 0 Å². The zero-order valence-electron chi connectivity index (χ0n) is 19.8. The third-order valence-corrected chi connectivity index (χ3v) is 8.39. The number of hydrogen-bond acceptors (Lipinski definition) is 6. The van der Waals surface area contributed by atoms with Crippen LogP contribution in [0.4, 0.5) is 4.39 Å². The molecule has 0 saturated carbocycles. The quantitative estimate of drug-likeness (QED) is 0.569. The molecule has 35 heavy (non-hydrogen) atoms. The number of amides is 1. The molecule has 1 aliphatic rings. The van der Waals surface area contributed by atoms with E-state index in [4.69, 9.17) is 4.74 Å². The molecule has 2 aromatic carbocycles. The van der Waals surface area contributed by atoms with E-state index < -0.39 is 37.5 Å². The number of sulfone groups is 1. The maximum Gasteiger partial charge on any atom is 0.258 e. The van der Waals surface area contributed by atoms with Crippen LogP contribution in [0.15, 0.2) is 64.9 Å². The number of benzene rings is 2. The largest absolute Gasteiger partial charge is 0.497 e. The van der Waals surface area contributed by atoms with Crippen LogP contribution in [0.1, 0.15) is 19.8 Å². The number of hydrogen-bond donors (Lipinski definition) is 1. The Morgan fingerprint density at radius 1 is 1.11 bits per heavy atom. The maximum atomic E-state index is 15.4. The molecule has 2 aromatic rings. The number of rotatable bonds is 8. The Bertz CT molecular complexity index is 1320. The second-order valence-electron chi connectivity index (χ2n) is 8.52. The normalized spacial score (nSPS) is 17.7. The Hall–Kier alpha value is -2.76. The highest BCUT2D eigenvalue weighted by Gasteiger charge is 2.44. The summed E-state index contributed by atoms with van der Waals surface area (Å²) < 4.78 is 71.3. The van der Waals surface area contributed by atoms with Crippen molar-refractivity contribution >= 4 is 25.8 Å². The zero-order valence-corrected chi connectivity index (χ0v) is 21.4. The van der Waals surface area contributed by atoms with Gasteiger partial charge in [-0.2, -0.15) is 4.31 Å². The van der Waals surface area contributed by atoms with Crippen LogP contribution in [0.25, 0.3) is 11.1 Å². The van der Waals surface area contributed by atoms with E-state index in [-0.39, 0.29) is 30.8 Å². The minimum atomic E-state index is -3.97. The molecular formula is C24H29FN2O6S2. The van der Waals surface area contributed by atoms with Crippen molar-refractivity contribution in [1.29, 1.82) is 0 Å². The van der Waals surface area contributed by atoms with E-state index in [9.17, 15) is 21.6 Å². The van der Waals surface area contributed by atoms with E-state index >= 15 is 4.39 Å². The lowest BCUT2D eigenvalue weighted by Gasteiger charge is -2.35. The third kappa shape index (κ3) is 6.47. The second-order valence-corrected chi connectivity index (χ2v) is 12.4. The van der Waals surface area contributed by atoms with Crippen molar-refractivity contribution < 1.29 is 30.8 Å². The maximum absolute atomic E-state index is 15.4. The zero-order chi connectivity index (χ0) is 25.9. The molecule has 1 aliphatic heterocycles. The summed E-state index contributed by atoms with van der Waals surface area (Å²) in [4.78, 5) is 12.6.